The lowest BCUT2D eigenvalue weighted by Crippen LogP contribution is -2.02. The van der Waals surface area contributed by atoms with Crippen molar-refractivity contribution in [3.63, 3.8) is 0 Å². The Hall–Kier alpha value is -1.20. The van der Waals surface area contributed by atoms with Crippen LogP contribution in [0.3, 0.4) is 0 Å². The van der Waals surface area contributed by atoms with E-state index in [0.29, 0.717) is 4.47 Å². The van der Waals surface area contributed by atoms with Crippen molar-refractivity contribution in [1.29, 1.82) is 0 Å². The second-order valence-corrected chi connectivity index (χ2v) is 5.01. The van der Waals surface area contributed by atoms with Gasteiger partial charge in [-0.25, -0.2) is 8.78 Å². The highest BCUT2D eigenvalue weighted by Crippen LogP contribution is 2.27. The zero-order valence-corrected chi connectivity index (χ0v) is 11.7. The molecular formula is C13H7BrClF3O. The second kappa shape index (κ2) is 5.84. The van der Waals surface area contributed by atoms with Gasteiger partial charge in [-0.1, -0.05) is 33.6 Å². The van der Waals surface area contributed by atoms with Gasteiger partial charge >= 0.3 is 0 Å². The largest absolute Gasteiger partial charge is 0.486 e. The van der Waals surface area contributed by atoms with Crippen LogP contribution in [-0.4, -0.2) is 0 Å². The Morgan fingerprint density at radius 2 is 1.84 bits per heavy atom. The predicted molar refractivity (Wildman–Crippen MR) is 69.8 cm³/mol. The Morgan fingerprint density at radius 1 is 1.11 bits per heavy atom. The molecule has 0 spiro atoms. The summed E-state index contributed by atoms with van der Waals surface area (Å²) < 4.78 is 45.4. The summed E-state index contributed by atoms with van der Waals surface area (Å²) in [6, 6.07) is 6.37. The summed E-state index contributed by atoms with van der Waals surface area (Å²) in [6.45, 7) is -0.293. The van der Waals surface area contributed by atoms with Gasteiger partial charge in [0, 0.05) is 10.0 Å². The minimum absolute atomic E-state index is 0.0870. The fourth-order valence-corrected chi connectivity index (χ4v) is 2.08. The van der Waals surface area contributed by atoms with Crippen molar-refractivity contribution in [2.75, 3.05) is 0 Å². The topological polar surface area (TPSA) is 9.23 Å². The first-order valence-electron chi connectivity index (χ1n) is 5.19. The normalized spacial score (nSPS) is 10.6. The zero-order valence-electron chi connectivity index (χ0n) is 9.39. The van der Waals surface area contributed by atoms with E-state index in [4.69, 9.17) is 16.3 Å². The molecule has 2 aromatic rings. The number of rotatable bonds is 3. The van der Waals surface area contributed by atoms with Gasteiger partial charge in [-0.2, -0.15) is 4.39 Å². The molecule has 2 aromatic carbocycles. The molecule has 0 aliphatic carbocycles. The first-order chi connectivity index (χ1) is 8.99. The lowest BCUT2D eigenvalue weighted by atomic mass is 10.2. The number of hydrogen-bond donors (Lipinski definition) is 0. The number of hydrogen-bond acceptors (Lipinski definition) is 1. The van der Waals surface area contributed by atoms with Crippen LogP contribution in [-0.2, 0) is 6.61 Å². The molecule has 0 amide bonds. The Balaban J connectivity index is 2.24. The Labute approximate surface area is 121 Å². The Bertz CT molecular complexity index is 599. The van der Waals surface area contributed by atoms with E-state index < -0.39 is 17.5 Å². The van der Waals surface area contributed by atoms with Crippen molar-refractivity contribution in [2.24, 2.45) is 0 Å². The third kappa shape index (κ3) is 3.22. The maximum Gasteiger partial charge on any atom is 0.200 e. The van der Waals surface area contributed by atoms with E-state index in [-0.39, 0.29) is 22.9 Å². The molecule has 1 nitrogen and oxygen atoms in total. The lowest BCUT2D eigenvalue weighted by molar-refractivity contribution is 0.279. The van der Waals surface area contributed by atoms with Crippen LogP contribution in [0.15, 0.2) is 34.8 Å². The van der Waals surface area contributed by atoms with Gasteiger partial charge in [-0.05, 0) is 24.3 Å². The van der Waals surface area contributed by atoms with Crippen molar-refractivity contribution < 1.29 is 17.9 Å². The van der Waals surface area contributed by atoms with Crippen molar-refractivity contribution >= 4 is 27.5 Å². The van der Waals surface area contributed by atoms with E-state index in [9.17, 15) is 13.2 Å². The molecule has 0 aliphatic heterocycles. The summed E-state index contributed by atoms with van der Waals surface area (Å²) in [5.41, 5.74) is 0.0870. The molecule has 0 saturated carbocycles. The smallest absolute Gasteiger partial charge is 0.200 e. The Morgan fingerprint density at radius 3 is 2.53 bits per heavy atom. The standard InChI is InChI=1S/C13H7BrClF3O/c14-7-4-11(17)13(18)12(5-7)19-6-8-9(15)2-1-3-10(8)16/h1-5H,6H2. The van der Waals surface area contributed by atoms with Gasteiger partial charge in [0.1, 0.15) is 12.4 Å². The van der Waals surface area contributed by atoms with Crippen molar-refractivity contribution in [1.82, 2.24) is 0 Å². The molecule has 2 rings (SSSR count). The van der Waals surface area contributed by atoms with E-state index in [0.717, 1.165) is 6.07 Å². The molecule has 6 heteroatoms. The van der Waals surface area contributed by atoms with Crippen LogP contribution in [0, 0.1) is 17.5 Å². The van der Waals surface area contributed by atoms with E-state index >= 15 is 0 Å². The molecule has 100 valence electrons. The van der Waals surface area contributed by atoms with Crippen molar-refractivity contribution in [2.45, 2.75) is 6.61 Å². The fourth-order valence-electron chi connectivity index (χ4n) is 1.46. The molecular weight excluding hydrogens is 344 g/mol. The van der Waals surface area contributed by atoms with Crippen LogP contribution in [0.25, 0.3) is 0 Å². The van der Waals surface area contributed by atoms with Crippen LogP contribution in [0.2, 0.25) is 5.02 Å². The van der Waals surface area contributed by atoms with Gasteiger partial charge < -0.3 is 4.74 Å². The SMILES string of the molecule is Fc1cc(Br)cc(OCc2c(F)cccc2Cl)c1F. The Kier molecular flexibility index (Phi) is 4.37. The van der Waals surface area contributed by atoms with E-state index in [1.54, 1.807) is 0 Å². The third-order valence-electron chi connectivity index (χ3n) is 2.39. The van der Waals surface area contributed by atoms with Crippen molar-refractivity contribution in [3.05, 3.63) is 62.8 Å². The monoisotopic (exact) mass is 350 g/mol. The van der Waals surface area contributed by atoms with Gasteiger partial charge in [-0.3, -0.25) is 0 Å². The van der Waals surface area contributed by atoms with Crippen LogP contribution < -0.4 is 4.74 Å². The van der Waals surface area contributed by atoms with Crippen LogP contribution in [0.4, 0.5) is 13.2 Å². The lowest BCUT2D eigenvalue weighted by Gasteiger charge is -2.10. The molecule has 0 aromatic heterocycles. The van der Waals surface area contributed by atoms with E-state index in [1.165, 1.54) is 24.3 Å². The minimum Gasteiger partial charge on any atom is -0.486 e. The summed E-state index contributed by atoms with van der Waals surface area (Å²) in [6.07, 6.45) is 0. The molecule has 0 bridgehead atoms. The molecule has 0 atom stereocenters. The quantitative estimate of drug-likeness (QED) is 0.699. The molecule has 0 fully saturated rings. The summed E-state index contributed by atoms with van der Waals surface area (Å²) >= 11 is 8.82. The van der Waals surface area contributed by atoms with Gasteiger partial charge in [0.2, 0.25) is 5.82 Å². The third-order valence-corrected chi connectivity index (χ3v) is 3.21. The molecule has 0 aliphatic rings. The fraction of sp³-hybridized carbons (Fsp3) is 0.0769. The average Bonchev–Trinajstić information content (AvgIpc) is 2.34. The molecule has 0 heterocycles. The maximum atomic E-state index is 13.5. The van der Waals surface area contributed by atoms with Crippen molar-refractivity contribution in [3.8, 4) is 5.75 Å². The highest BCUT2D eigenvalue weighted by molar-refractivity contribution is 9.10. The highest BCUT2D eigenvalue weighted by atomic mass is 79.9. The summed E-state index contributed by atoms with van der Waals surface area (Å²) in [5, 5.41) is 0.163. The van der Waals surface area contributed by atoms with Gasteiger partial charge in [0.15, 0.2) is 11.6 Å². The number of ether oxygens (including phenoxy) is 1. The highest BCUT2D eigenvalue weighted by Gasteiger charge is 2.13. The van der Waals surface area contributed by atoms with Gasteiger partial charge in [-0.15, -0.1) is 0 Å². The molecule has 0 N–H and O–H groups in total. The summed E-state index contributed by atoms with van der Waals surface area (Å²) in [7, 11) is 0. The number of halogens is 5. The summed E-state index contributed by atoms with van der Waals surface area (Å²) in [4.78, 5) is 0. The first-order valence-corrected chi connectivity index (χ1v) is 6.36. The van der Waals surface area contributed by atoms with Gasteiger partial charge in [0.05, 0.1) is 5.02 Å². The molecule has 0 unspecified atom stereocenters. The molecule has 19 heavy (non-hydrogen) atoms. The average molecular weight is 352 g/mol. The maximum absolute atomic E-state index is 13.5. The summed E-state index contributed by atoms with van der Waals surface area (Å²) in [5.74, 6) is -3.06. The predicted octanol–water partition coefficient (Wildman–Crippen LogP) is 5.10. The minimum atomic E-state index is -1.13. The van der Waals surface area contributed by atoms with E-state index in [2.05, 4.69) is 15.9 Å². The van der Waals surface area contributed by atoms with Crippen LogP contribution in [0.5, 0.6) is 5.75 Å². The number of benzene rings is 2. The molecule has 0 radical (unpaired) electrons. The van der Waals surface area contributed by atoms with E-state index in [1.807, 2.05) is 0 Å². The van der Waals surface area contributed by atoms with Crippen LogP contribution in [0.1, 0.15) is 5.56 Å². The van der Waals surface area contributed by atoms with Gasteiger partial charge in [0.25, 0.3) is 0 Å². The van der Waals surface area contributed by atoms with Crippen LogP contribution >= 0.6 is 27.5 Å². The second-order valence-electron chi connectivity index (χ2n) is 3.69. The first kappa shape index (κ1) is 14.2. The molecule has 0 saturated heterocycles. The zero-order chi connectivity index (χ0) is 14.0.